The summed E-state index contributed by atoms with van der Waals surface area (Å²) in [6.45, 7) is 4.07. The summed E-state index contributed by atoms with van der Waals surface area (Å²) in [5.74, 6) is 0.206. The van der Waals surface area contributed by atoms with Gasteiger partial charge < -0.3 is 10.8 Å². The van der Waals surface area contributed by atoms with Crippen molar-refractivity contribution in [3.8, 4) is 0 Å². The van der Waals surface area contributed by atoms with Crippen LogP contribution in [0.4, 0.5) is 0 Å². The lowest BCUT2D eigenvalue weighted by molar-refractivity contribution is -0.0123. The third-order valence-corrected chi connectivity index (χ3v) is 3.31. The zero-order valence-electron chi connectivity index (χ0n) is 8.70. The Kier molecular flexibility index (Phi) is 2.13. The minimum Gasteiger partial charge on any atom is -0.385 e. The molecular formula is C12H17NO. The first-order valence-electron chi connectivity index (χ1n) is 5.13. The third-order valence-electron chi connectivity index (χ3n) is 3.31. The van der Waals surface area contributed by atoms with Crippen LogP contribution in [0, 0.1) is 5.92 Å². The second kappa shape index (κ2) is 3.07. The molecule has 14 heavy (non-hydrogen) atoms. The summed E-state index contributed by atoms with van der Waals surface area (Å²) >= 11 is 0. The molecule has 1 aromatic rings. The van der Waals surface area contributed by atoms with Crippen LogP contribution in [0.15, 0.2) is 24.3 Å². The molecular weight excluding hydrogens is 174 g/mol. The molecule has 0 heterocycles. The van der Waals surface area contributed by atoms with Crippen LogP contribution in [0.3, 0.4) is 0 Å². The molecule has 0 aliphatic heterocycles. The van der Waals surface area contributed by atoms with Gasteiger partial charge in [0, 0.05) is 6.04 Å². The number of aliphatic hydroxyl groups is 1. The predicted octanol–water partition coefficient (Wildman–Crippen LogP) is 1.93. The molecule has 0 aromatic heterocycles. The van der Waals surface area contributed by atoms with Crippen molar-refractivity contribution in [2.75, 3.05) is 0 Å². The van der Waals surface area contributed by atoms with Gasteiger partial charge in [0.15, 0.2) is 0 Å². The van der Waals surface area contributed by atoms with E-state index in [4.69, 9.17) is 5.73 Å². The molecule has 0 amide bonds. The van der Waals surface area contributed by atoms with E-state index in [2.05, 4.69) is 0 Å². The monoisotopic (exact) mass is 191 g/mol. The second-order valence-corrected chi connectivity index (χ2v) is 4.48. The maximum absolute atomic E-state index is 10.5. The second-order valence-electron chi connectivity index (χ2n) is 4.48. The van der Waals surface area contributed by atoms with E-state index in [1.165, 1.54) is 0 Å². The van der Waals surface area contributed by atoms with Crippen molar-refractivity contribution in [3.63, 3.8) is 0 Å². The number of nitrogens with two attached hydrogens (primary N) is 1. The molecule has 2 rings (SSSR count). The minimum absolute atomic E-state index is 0.0152. The highest BCUT2D eigenvalue weighted by Crippen LogP contribution is 2.46. The van der Waals surface area contributed by atoms with Crippen molar-refractivity contribution in [1.82, 2.24) is 0 Å². The molecule has 2 unspecified atom stereocenters. The fourth-order valence-corrected chi connectivity index (χ4v) is 2.32. The van der Waals surface area contributed by atoms with Gasteiger partial charge in [0.1, 0.15) is 0 Å². The van der Waals surface area contributed by atoms with E-state index < -0.39 is 5.60 Å². The topological polar surface area (TPSA) is 46.2 Å². The molecule has 3 N–H and O–H groups in total. The highest BCUT2D eigenvalue weighted by Gasteiger charge is 2.42. The molecule has 0 saturated heterocycles. The summed E-state index contributed by atoms with van der Waals surface area (Å²) in [4.78, 5) is 0. The minimum atomic E-state index is -0.726. The summed E-state index contributed by atoms with van der Waals surface area (Å²) in [6, 6.07) is 7.93. The Balaban J connectivity index is 2.54. The van der Waals surface area contributed by atoms with E-state index in [1.807, 2.05) is 38.1 Å². The highest BCUT2D eigenvalue weighted by molar-refractivity contribution is 5.40. The molecule has 0 saturated carbocycles. The Labute approximate surface area is 84.7 Å². The lowest BCUT2D eigenvalue weighted by Gasteiger charge is -2.28. The zero-order chi connectivity index (χ0) is 10.3. The Morgan fingerprint density at radius 1 is 1.43 bits per heavy atom. The van der Waals surface area contributed by atoms with Crippen LogP contribution in [0.5, 0.6) is 0 Å². The van der Waals surface area contributed by atoms with Gasteiger partial charge >= 0.3 is 0 Å². The number of hydrogen-bond donors (Lipinski definition) is 2. The number of hydrogen-bond acceptors (Lipinski definition) is 2. The van der Waals surface area contributed by atoms with E-state index in [0.29, 0.717) is 6.42 Å². The summed E-state index contributed by atoms with van der Waals surface area (Å²) in [6.07, 6.45) is 0.643. The SMILES string of the molecule is CC(C)C1(O)CC(N)c2ccccc21. The Bertz CT molecular complexity index is 348. The maximum atomic E-state index is 10.5. The summed E-state index contributed by atoms with van der Waals surface area (Å²) < 4.78 is 0. The fraction of sp³-hybridized carbons (Fsp3) is 0.500. The molecule has 0 fully saturated rings. The average Bonchev–Trinajstić information content (AvgIpc) is 2.42. The van der Waals surface area contributed by atoms with E-state index in [-0.39, 0.29) is 12.0 Å². The molecule has 2 heteroatoms. The first-order valence-corrected chi connectivity index (χ1v) is 5.13. The molecule has 0 bridgehead atoms. The van der Waals surface area contributed by atoms with Crippen LogP contribution >= 0.6 is 0 Å². The van der Waals surface area contributed by atoms with Gasteiger partial charge in [-0.05, 0) is 23.5 Å². The van der Waals surface area contributed by atoms with Crippen molar-refractivity contribution in [2.45, 2.75) is 31.9 Å². The highest BCUT2D eigenvalue weighted by atomic mass is 16.3. The summed E-state index contributed by atoms with van der Waals surface area (Å²) in [5.41, 5.74) is 7.39. The molecule has 0 radical (unpaired) electrons. The van der Waals surface area contributed by atoms with Crippen molar-refractivity contribution < 1.29 is 5.11 Å². The van der Waals surface area contributed by atoms with Crippen molar-refractivity contribution in [1.29, 1.82) is 0 Å². The fourth-order valence-electron chi connectivity index (χ4n) is 2.32. The van der Waals surface area contributed by atoms with Crippen LogP contribution in [0.1, 0.15) is 37.4 Å². The Hall–Kier alpha value is -0.860. The van der Waals surface area contributed by atoms with Crippen molar-refractivity contribution in [3.05, 3.63) is 35.4 Å². The molecule has 1 aliphatic rings. The van der Waals surface area contributed by atoms with E-state index in [9.17, 15) is 5.11 Å². The Morgan fingerprint density at radius 2 is 2.07 bits per heavy atom. The van der Waals surface area contributed by atoms with Gasteiger partial charge in [0.05, 0.1) is 5.60 Å². The van der Waals surface area contributed by atoms with Gasteiger partial charge in [-0.15, -0.1) is 0 Å². The normalized spacial score (nSPS) is 30.8. The van der Waals surface area contributed by atoms with Gasteiger partial charge in [-0.3, -0.25) is 0 Å². The average molecular weight is 191 g/mol. The first-order chi connectivity index (χ1) is 6.55. The molecule has 2 nitrogen and oxygen atoms in total. The molecule has 0 spiro atoms. The van der Waals surface area contributed by atoms with Gasteiger partial charge in [-0.2, -0.15) is 0 Å². The van der Waals surface area contributed by atoms with Crippen LogP contribution in [0.25, 0.3) is 0 Å². The van der Waals surface area contributed by atoms with Crippen LogP contribution in [-0.2, 0) is 5.60 Å². The predicted molar refractivity (Wildman–Crippen MR) is 56.7 cm³/mol. The molecule has 2 atom stereocenters. The van der Waals surface area contributed by atoms with E-state index in [1.54, 1.807) is 0 Å². The van der Waals surface area contributed by atoms with Gasteiger partial charge in [0.25, 0.3) is 0 Å². The maximum Gasteiger partial charge on any atom is 0.0940 e. The zero-order valence-corrected chi connectivity index (χ0v) is 8.70. The van der Waals surface area contributed by atoms with Crippen LogP contribution in [0.2, 0.25) is 0 Å². The molecule has 76 valence electrons. The quantitative estimate of drug-likeness (QED) is 0.712. The largest absolute Gasteiger partial charge is 0.385 e. The standard InChI is InChI=1S/C12H17NO/c1-8(2)12(14)7-11(13)9-5-3-4-6-10(9)12/h3-6,8,11,14H,7,13H2,1-2H3. The van der Waals surface area contributed by atoms with Crippen LogP contribution in [-0.4, -0.2) is 5.11 Å². The van der Waals surface area contributed by atoms with Gasteiger partial charge in [-0.1, -0.05) is 38.1 Å². The first kappa shape index (κ1) is 9.69. The summed E-state index contributed by atoms with van der Waals surface area (Å²) in [7, 11) is 0. The number of benzene rings is 1. The molecule has 1 aromatic carbocycles. The number of rotatable bonds is 1. The van der Waals surface area contributed by atoms with Gasteiger partial charge in [0.2, 0.25) is 0 Å². The van der Waals surface area contributed by atoms with E-state index in [0.717, 1.165) is 11.1 Å². The lowest BCUT2D eigenvalue weighted by Crippen LogP contribution is -2.29. The lowest BCUT2D eigenvalue weighted by atomic mass is 9.85. The smallest absolute Gasteiger partial charge is 0.0940 e. The van der Waals surface area contributed by atoms with Crippen LogP contribution < -0.4 is 5.73 Å². The van der Waals surface area contributed by atoms with E-state index >= 15 is 0 Å². The van der Waals surface area contributed by atoms with Gasteiger partial charge in [-0.25, -0.2) is 0 Å². The summed E-state index contributed by atoms with van der Waals surface area (Å²) in [5, 5.41) is 10.5. The van der Waals surface area contributed by atoms with Crippen molar-refractivity contribution in [2.24, 2.45) is 11.7 Å². The number of fused-ring (bicyclic) bond motifs is 1. The third kappa shape index (κ3) is 1.18. The Morgan fingerprint density at radius 3 is 2.71 bits per heavy atom. The van der Waals surface area contributed by atoms with Crippen molar-refractivity contribution >= 4 is 0 Å². The molecule has 1 aliphatic carbocycles.